The molecular weight excluding hydrogens is 315 g/mol. The molecule has 0 saturated heterocycles. The van der Waals surface area contributed by atoms with E-state index < -0.39 is 40.3 Å². The van der Waals surface area contributed by atoms with Gasteiger partial charge in [0.25, 0.3) is 0 Å². The number of benzene rings is 1. The summed E-state index contributed by atoms with van der Waals surface area (Å²) in [5.74, 6) is -10.4. The van der Waals surface area contributed by atoms with Gasteiger partial charge in [0, 0.05) is 0 Å². The molecule has 0 spiro atoms. The maximum atomic E-state index is 13.6. The number of nitrogens with zero attached hydrogens (tertiary/aromatic N) is 2. The van der Waals surface area contributed by atoms with E-state index in [0.717, 1.165) is 12.1 Å². The third kappa shape index (κ3) is 2.54. The van der Waals surface area contributed by atoms with Crippen LogP contribution in [-0.4, -0.2) is 4.98 Å². The van der Waals surface area contributed by atoms with Crippen molar-refractivity contribution in [2.24, 2.45) is 0 Å². The largest absolute Gasteiger partial charge is 0.250 e. The number of nitriles is 1. The molecule has 0 aliphatic heterocycles. The van der Waals surface area contributed by atoms with Crippen molar-refractivity contribution in [2.45, 2.75) is 6.42 Å². The van der Waals surface area contributed by atoms with Crippen molar-refractivity contribution in [3.05, 3.63) is 51.9 Å². The van der Waals surface area contributed by atoms with E-state index in [9.17, 15) is 22.0 Å². The average molecular weight is 319 g/mol. The zero-order chi connectivity index (χ0) is 15.7. The highest BCUT2D eigenvalue weighted by Crippen LogP contribution is 2.31. The molecule has 0 radical (unpaired) electrons. The summed E-state index contributed by atoms with van der Waals surface area (Å²) in [6.45, 7) is 0. The Hall–Kier alpha value is -2.20. The van der Waals surface area contributed by atoms with Crippen LogP contribution in [0.4, 0.5) is 22.0 Å². The van der Waals surface area contributed by atoms with E-state index in [4.69, 9.17) is 16.9 Å². The molecule has 0 fully saturated rings. The summed E-state index contributed by atoms with van der Waals surface area (Å²) >= 11 is 5.72. The summed E-state index contributed by atoms with van der Waals surface area (Å²) in [7, 11) is 0. The van der Waals surface area contributed by atoms with Crippen LogP contribution < -0.4 is 0 Å². The molecule has 21 heavy (non-hydrogen) atoms. The fraction of sp³-hybridized carbons (Fsp3) is 0.0769. The lowest BCUT2D eigenvalue weighted by Gasteiger charge is -2.09. The minimum atomic E-state index is -2.25. The van der Waals surface area contributed by atoms with Gasteiger partial charge in [0.2, 0.25) is 5.82 Å². The average Bonchev–Trinajstić information content (AvgIpc) is 2.47. The molecule has 0 aliphatic carbocycles. The first-order valence-electron chi connectivity index (χ1n) is 5.42. The fourth-order valence-corrected chi connectivity index (χ4v) is 1.82. The first-order chi connectivity index (χ1) is 9.88. The second kappa shape index (κ2) is 5.66. The second-order valence-electron chi connectivity index (χ2n) is 3.90. The number of hydrogen-bond donors (Lipinski definition) is 0. The third-order valence-corrected chi connectivity index (χ3v) is 2.98. The van der Waals surface area contributed by atoms with Crippen LogP contribution in [0, 0.1) is 40.4 Å². The highest BCUT2D eigenvalue weighted by Gasteiger charge is 2.27. The van der Waals surface area contributed by atoms with E-state index in [1.165, 1.54) is 0 Å². The SMILES string of the molecule is N#CCc1nc(-c2c(F)c(F)c(F)c(F)c2F)ccc1Cl. The van der Waals surface area contributed by atoms with E-state index in [1.54, 1.807) is 6.07 Å². The van der Waals surface area contributed by atoms with Crippen LogP contribution in [0.3, 0.4) is 0 Å². The normalized spacial score (nSPS) is 10.5. The van der Waals surface area contributed by atoms with Gasteiger partial charge in [0.15, 0.2) is 23.3 Å². The molecule has 0 saturated carbocycles. The third-order valence-electron chi connectivity index (χ3n) is 2.63. The first-order valence-corrected chi connectivity index (χ1v) is 5.80. The van der Waals surface area contributed by atoms with Gasteiger partial charge in [-0.25, -0.2) is 26.9 Å². The fourth-order valence-electron chi connectivity index (χ4n) is 1.65. The molecule has 0 unspecified atom stereocenters. The smallest absolute Gasteiger partial charge is 0.200 e. The Kier molecular flexibility index (Phi) is 4.09. The van der Waals surface area contributed by atoms with Crippen molar-refractivity contribution in [1.82, 2.24) is 4.98 Å². The maximum Gasteiger partial charge on any atom is 0.200 e. The van der Waals surface area contributed by atoms with Gasteiger partial charge in [-0.3, -0.25) is 0 Å². The molecule has 1 aromatic carbocycles. The van der Waals surface area contributed by atoms with Crippen LogP contribution >= 0.6 is 11.6 Å². The van der Waals surface area contributed by atoms with Gasteiger partial charge < -0.3 is 0 Å². The Morgan fingerprint density at radius 1 is 0.952 bits per heavy atom. The van der Waals surface area contributed by atoms with Crippen LogP contribution in [0.5, 0.6) is 0 Å². The van der Waals surface area contributed by atoms with Crippen LogP contribution in [0.2, 0.25) is 5.02 Å². The molecule has 0 atom stereocenters. The molecule has 8 heteroatoms. The van der Waals surface area contributed by atoms with Gasteiger partial charge in [0.1, 0.15) is 0 Å². The molecule has 1 heterocycles. The highest BCUT2D eigenvalue weighted by molar-refractivity contribution is 6.31. The summed E-state index contributed by atoms with van der Waals surface area (Å²) in [4.78, 5) is 3.68. The summed E-state index contributed by atoms with van der Waals surface area (Å²) in [6.07, 6.45) is -0.276. The lowest BCUT2D eigenvalue weighted by molar-refractivity contribution is 0.381. The van der Waals surface area contributed by atoms with Crippen LogP contribution in [-0.2, 0) is 6.42 Å². The van der Waals surface area contributed by atoms with Gasteiger partial charge in [-0.15, -0.1) is 0 Å². The number of halogens is 6. The quantitative estimate of drug-likeness (QED) is 0.473. The van der Waals surface area contributed by atoms with Crippen molar-refractivity contribution in [2.75, 3.05) is 0 Å². The number of pyridine rings is 1. The van der Waals surface area contributed by atoms with E-state index >= 15 is 0 Å². The first kappa shape index (κ1) is 15.2. The summed E-state index contributed by atoms with van der Waals surface area (Å²) in [5.41, 5.74) is -1.69. The molecular formula is C13H4ClF5N2. The van der Waals surface area contributed by atoms with Crippen molar-refractivity contribution >= 4 is 11.6 Å². The number of rotatable bonds is 2. The monoisotopic (exact) mass is 318 g/mol. The van der Waals surface area contributed by atoms with E-state index in [-0.39, 0.29) is 17.1 Å². The molecule has 108 valence electrons. The molecule has 2 aromatic rings. The summed E-state index contributed by atoms with van der Waals surface area (Å²) < 4.78 is 66.6. The summed E-state index contributed by atoms with van der Waals surface area (Å²) in [6, 6.07) is 3.88. The zero-order valence-electron chi connectivity index (χ0n) is 10.0. The van der Waals surface area contributed by atoms with Gasteiger partial charge in [-0.05, 0) is 12.1 Å². The zero-order valence-corrected chi connectivity index (χ0v) is 10.8. The Bertz CT molecular complexity index is 741. The molecule has 2 nitrogen and oxygen atoms in total. The molecule has 1 aromatic heterocycles. The minimum absolute atomic E-state index is 0.0272. The van der Waals surface area contributed by atoms with Crippen LogP contribution in [0.15, 0.2) is 12.1 Å². The highest BCUT2D eigenvalue weighted by atomic mass is 35.5. The molecule has 0 bridgehead atoms. The van der Waals surface area contributed by atoms with Gasteiger partial charge in [-0.1, -0.05) is 11.6 Å². The van der Waals surface area contributed by atoms with E-state index in [2.05, 4.69) is 4.98 Å². The lowest BCUT2D eigenvalue weighted by Crippen LogP contribution is -2.05. The molecule has 0 aliphatic rings. The Morgan fingerprint density at radius 3 is 2.00 bits per heavy atom. The number of hydrogen-bond acceptors (Lipinski definition) is 2. The van der Waals surface area contributed by atoms with Crippen molar-refractivity contribution < 1.29 is 22.0 Å². The molecule has 0 amide bonds. The predicted molar refractivity (Wildman–Crippen MR) is 63.8 cm³/mol. The Morgan fingerprint density at radius 2 is 1.48 bits per heavy atom. The van der Waals surface area contributed by atoms with Crippen molar-refractivity contribution in [3.63, 3.8) is 0 Å². The lowest BCUT2D eigenvalue weighted by atomic mass is 10.1. The Balaban J connectivity index is 2.74. The van der Waals surface area contributed by atoms with Gasteiger partial charge >= 0.3 is 0 Å². The van der Waals surface area contributed by atoms with Crippen molar-refractivity contribution in [3.8, 4) is 17.3 Å². The standard InChI is InChI=1S/C13H4ClF5N2/c14-5-1-2-7(21-6(5)3-4-20)8-9(15)11(17)13(19)12(18)10(8)16/h1-2H,3H2. The second-order valence-corrected chi connectivity index (χ2v) is 4.31. The van der Waals surface area contributed by atoms with Crippen molar-refractivity contribution in [1.29, 1.82) is 5.26 Å². The topological polar surface area (TPSA) is 36.7 Å². The number of aromatic nitrogens is 1. The van der Waals surface area contributed by atoms with Gasteiger partial charge in [-0.2, -0.15) is 5.26 Å². The van der Waals surface area contributed by atoms with Crippen LogP contribution in [0.25, 0.3) is 11.3 Å². The van der Waals surface area contributed by atoms with Gasteiger partial charge in [0.05, 0.1) is 34.5 Å². The Labute approximate surface area is 120 Å². The summed E-state index contributed by atoms with van der Waals surface area (Å²) in [5, 5.41) is 8.62. The van der Waals surface area contributed by atoms with E-state index in [1.807, 2.05) is 0 Å². The molecule has 2 rings (SSSR count). The molecule has 0 N–H and O–H groups in total. The minimum Gasteiger partial charge on any atom is -0.250 e. The predicted octanol–water partition coefficient (Wildman–Crippen LogP) is 4.16. The van der Waals surface area contributed by atoms with E-state index in [0.29, 0.717) is 0 Å². The maximum absolute atomic E-state index is 13.6. The van der Waals surface area contributed by atoms with Crippen LogP contribution in [0.1, 0.15) is 5.69 Å².